The van der Waals surface area contributed by atoms with E-state index < -0.39 is 0 Å². The van der Waals surface area contributed by atoms with Gasteiger partial charge in [-0.3, -0.25) is 4.99 Å². The van der Waals surface area contributed by atoms with Gasteiger partial charge in [0.15, 0.2) is 0 Å². The topological polar surface area (TPSA) is 41.6 Å². The third kappa shape index (κ3) is 12.2. The van der Waals surface area contributed by atoms with E-state index in [9.17, 15) is 0 Å². The van der Waals surface area contributed by atoms with Crippen molar-refractivity contribution >= 4 is 5.84 Å². The fourth-order valence-corrected chi connectivity index (χ4v) is 3.58. The van der Waals surface area contributed by atoms with Gasteiger partial charge in [-0.05, 0) is 25.7 Å². The highest BCUT2D eigenvalue weighted by molar-refractivity contribution is 5.83. The first-order valence-corrected chi connectivity index (χ1v) is 11.0. The molecule has 1 aliphatic rings. The predicted molar refractivity (Wildman–Crippen MR) is 112 cm³/mol. The average Bonchev–Trinajstić information content (AvgIpc) is 3.06. The summed E-state index contributed by atoms with van der Waals surface area (Å²) in [4.78, 5) is 7.00. The fraction of sp³-hybridized carbons (Fsp3) is 0.864. The van der Waals surface area contributed by atoms with Crippen LogP contribution in [-0.4, -0.2) is 36.9 Å². The predicted octanol–water partition coefficient (Wildman–Crippen LogP) is 5.70. The highest BCUT2D eigenvalue weighted by Gasteiger charge is 2.14. The van der Waals surface area contributed by atoms with Crippen LogP contribution in [0.1, 0.15) is 96.8 Å². The van der Waals surface area contributed by atoms with E-state index >= 15 is 0 Å². The maximum atomic E-state index is 5.66. The van der Waals surface area contributed by atoms with E-state index in [0.29, 0.717) is 0 Å². The van der Waals surface area contributed by atoms with Crippen LogP contribution in [0.25, 0.3) is 0 Å². The van der Waals surface area contributed by atoms with Crippen LogP contribution in [0.15, 0.2) is 17.1 Å². The third-order valence-electron chi connectivity index (χ3n) is 5.10. The molecule has 0 saturated carbocycles. The van der Waals surface area contributed by atoms with E-state index in [0.717, 1.165) is 32.6 Å². The second kappa shape index (κ2) is 16.6. The number of rotatable bonds is 17. The molecule has 0 atom stereocenters. The second-order valence-corrected chi connectivity index (χ2v) is 7.38. The molecule has 0 fully saturated rings. The van der Waals surface area contributed by atoms with Gasteiger partial charge in [-0.25, -0.2) is 0 Å². The number of allylic oxidation sites excluding steroid dienone is 2. The quantitative estimate of drug-likeness (QED) is 0.270. The summed E-state index contributed by atoms with van der Waals surface area (Å²) in [5, 5.41) is 0. The first kappa shape index (κ1) is 22.2. The Kier molecular flexibility index (Phi) is 14.8. The Hall–Kier alpha value is -0.830. The van der Waals surface area contributed by atoms with E-state index in [1.54, 1.807) is 0 Å². The first-order valence-electron chi connectivity index (χ1n) is 11.0. The van der Waals surface area contributed by atoms with Crippen LogP contribution >= 0.6 is 0 Å². The molecule has 0 aromatic rings. The molecule has 1 rings (SSSR count). The largest absolute Gasteiger partial charge is 0.357 e. The van der Waals surface area contributed by atoms with Gasteiger partial charge in [0.25, 0.3) is 0 Å². The molecule has 0 saturated heterocycles. The fourth-order valence-electron chi connectivity index (χ4n) is 3.58. The van der Waals surface area contributed by atoms with Crippen molar-refractivity contribution in [1.29, 1.82) is 0 Å². The summed E-state index contributed by atoms with van der Waals surface area (Å²) in [5.74, 6) is 1.32. The zero-order chi connectivity index (χ0) is 18.0. The van der Waals surface area contributed by atoms with Gasteiger partial charge in [0.2, 0.25) is 0 Å². The normalized spacial score (nSPS) is 14.6. The highest BCUT2D eigenvalue weighted by Crippen LogP contribution is 2.14. The van der Waals surface area contributed by atoms with Crippen LogP contribution in [0, 0.1) is 0 Å². The number of nitrogens with zero attached hydrogens (tertiary/aromatic N) is 2. The molecule has 0 aromatic carbocycles. The Morgan fingerprint density at radius 1 is 0.880 bits per heavy atom. The Morgan fingerprint density at radius 2 is 1.48 bits per heavy atom. The van der Waals surface area contributed by atoms with Crippen LogP contribution in [0.5, 0.6) is 0 Å². The molecule has 0 spiro atoms. The number of unbranched alkanes of at least 4 members (excludes halogenated alkanes) is 11. The molecule has 1 heterocycles. The maximum Gasteiger partial charge on any atom is 0.0990 e. The number of nitrogens with two attached hydrogens (primary N) is 1. The number of aliphatic imine (C=N–C) groups is 1. The molecule has 146 valence electrons. The molecule has 0 amide bonds. The molecule has 25 heavy (non-hydrogen) atoms. The molecule has 0 unspecified atom stereocenters. The van der Waals surface area contributed by atoms with Gasteiger partial charge >= 0.3 is 0 Å². The lowest BCUT2D eigenvalue weighted by Crippen LogP contribution is -2.32. The molecule has 3 nitrogen and oxygen atoms in total. The van der Waals surface area contributed by atoms with Crippen LogP contribution in [0.3, 0.4) is 0 Å². The number of amidine groups is 1. The van der Waals surface area contributed by atoms with Gasteiger partial charge in [0.05, 0.1) is 12.4 Å². The van der Waals surface area contributed by atoms with Crippen molar-refractivity contribution in [2.45, 2.75) is 96.8 Å². The monoisotopic (exact) mass is 349 g/mol. The average molecular weight is 350 g/mol. The molecule has 0 aromatic heterocycles. The first-order chi connectivity index (χ1) is 12.4. The smallest absolute Gasteiger partial charge is 0.0990 e. The molecule has 0 aliphatic carbocycles. The summed E-state index contributed by atoms with van der Waals surface area (Å²) in [7, 11) is 0. The zero-order valence-corrected chi connectivity index (χ0v) is 16.9. The molecule has 0 bridgehead atoms. The van der Waals surface area contributed by atoms with Gasteiger partial charge in [0, 0.05) is 26.1 Å². The summed E-state index contributed by atoms with van der Waals surface area (Å²) in [5.41, 5.74) is 5.66. The van der Waals surface area contributed by atoms with Gasteiger partial charge in [0.1, 0.15) is 0 Å². The van der Waals surface area contributed by atoms with Crippen LogP contribution in [-0.2, 0) is 0 Å². The van der Waals surface area contributed by atoms with Crippen molar-refractivity contribution in [3.8, 4) is 0 Å². The Bertz CT molecular complexity index is 349. The molecular weight excluding hydrogens is 306 g/mol. The minimum Gasteiger partial charge on any atom is -0.357 e. The van der Waals surface area contributed by atoms with E-state index in [2.05, 4.69) is 29.0 Å². The SMILES string of the molecule is CC/C=C/CCCCCCCCCCCCCC1=NCCN1CCN. The van der Waals surface area contributed by atoms with Gasteiger partial charge in [-0.1, -0.05) is 76.9 Å². The molecule has 2 N–H and O–H groups in total. The standard InChI is InChI=1S/C22H43N3/c1-2-3-4-5-6-7-8-9-10-11-12-13-14-15-16-17-22-24-19-21-25(22)20-18-23/h3-4H,2,5-21,23H2,1H3/b4-3+. The van der Waals surface area contributed by atoms with Gasteiger partial charge in [-0.15, -0.1) is 0 Å². The van der Waals surface area contributed by atoms with Crippen molar-refractivity contribution in [2.75, 3.05) is 26.2 Å². The molecule has 1 aliphatic heterocycles. The van der Waals surface area contributed by atoms with E-state index in [-0.39, 0.29) is 0 Å². The Morgan fingerprint density at radius 3 is 2.08 bits per heavy atom. The second-order valence-electron chi connectivity index (χ2n) is 7.38. The van der Waals surface area contributed by atoms with E-state index in [1.807, 2.05) is 0 Å². The van der Waals surface area contributed by atoms with E-state index in [1.165, 1.54) is 89.3 Å². The number of hydrogen-bond acceptors (Lipinski definition) is 3. The van der Waals surface area contributed by atoms with Gasteiger partial charge in [-0.2, -0.15) is 0 Å². The van der Waals surface area contributed by atoms with Gasteiger partial charge < -0.3 is 10.6 Å². The molecular formula is C22H43N3. The summed E-state index contributed by atoms with van der Waals surface area (Å²) in [6, 6.07) is 0. The molecule has 3 heteroatoms. The zero-order valence-electron chi connectivity index (χ0n) is 16.9. The van der Waals surface area contributed by atoms with Crippen molar-refractivity contribution in [3.63, 3.8) is 0 Å². The third-order valence-corrected chi connectivity index (χ3v) is 5.10. The lowest BCUT2D eigenvalue weighted by Gasteiger charge is -2.19. The van der Waals surface area contributed by atoms with Crippen molar-refractivity contribution in [2.24, 2.45) is 10.7 Å². The Labute approximate surface area is 157 Å². The summed E-state index contributed by atoms with van der Waals surface area (Å²) < 4.78 is 0. The number of hydrogen-bond donors (Lipinski definition) is 1. The van der Waals surface area contributed by atoms with Crippen LogP contribution in [0.2, 0.25) is 0 Å². The van der Waals surface area contributed by atoms with E-state index in [4.69, 9.17) is 5.73 Å². The Balaban J connectivity index is 1.78. The van der Waals surface area contributed by atoms with Crippen molar-refractivity contribution in [1.82, 2.24) is 4.90 Å². The minimum atomic E-state index is 0.745. The summed E-state index contributed by atoms with van der Waals surface area (Å²) >= 11 is 0. The lowest BCUT2D eigenvalue weighted by atomic mass is 10.0. The van der Waals surface area contributed by atoms with Crippen molar-refractivity contribution < 1.29 is 0 Å². The van der Waals surface area contributed by atoms with Crippen LogP contribution < -0.4 is 5.73 Å². The summed E-state index contributed by atoms with van der Waals surface area (Å²) in [6.45, 7) is 5.99. The molecule has 0 radical (unpaired) electrons. The minimum absolute atomic E-state index is 0.745. The van der Waals surface area contributed by atoms with Crippen LogP contribution in [0.4, 0.5) is 0 Å². The maximum absolute atomic E-state index is 5.66. The summed E-state index contributed by atoms with van der Waals surface area (Å²) in [6.07, 6.45) is 23.7. The van der Waals surface area contributed by atoms with Crippen molar-refractivity contribution in [3.05, 3.63) is 12.2 Å². The highest BCUT2D eigenvalue weighted by atomic mass is 15.2. The lowest BCUT2D eigenvalue weighted by molar-refractivity contribution is 0.455.